The Bertz CT molecular complexity index is 350. The van der Waals surface area contributed by atoms with Gasteiger partial charge in [0, 0.05) is 12.1 Å². The van der Waals surface area contributed by atoms with Crippen LogP contribution < -0.4 is 0 Å². The zero-order valence-corrected chi connectivity index (χ0v) is 6.20. The van der Waals surface area contributed by atoms with Crippen LogP contribution in [0.15, 0.2) is 33.3 Å². The lowest BCUT2D eigenvalue weighted by molar-refractivity contribution is 0.601. The summed E-state index contributed by atoms with van der Waals surface area (Å²) in [6.45, 7) is 1.95. The normalized spacial score (nSPS) is 11.7. The number of fused-ring (bicyclic) bond motifs is 1. The third-order valence-electron chi connectivity index (χ3n) is 1.49. The minimum absolute atomic E-state index is 0.804. The van der Waals surface area contributed by atoms with E-state index in [2.05, 4.69) is 0 Å². The predicted molar refractivity (Wildman–Crippen MR) is 43.2 cm³/mol. The molecule has 0 aliphatic heterocycles. The molecule has 0 aromatic carbocycles. The third-order valence-corrected chi connectivity index (χ3v) is 1.49. The van der Waals surface area contributed by atoms with Crippen molar-refractivity contribution in [3.63, 3.8) is 0 Å². The molecule has 2 rings (SSSR count). The number of allylic oxidation sites excluding steroid dienone is 1. The molecule has 0 fully saturated rings. The van der Waals surface area contributed by atoms with Gasteiger partial charge in [0.15, 0.2) is 11.2 Å². The maximum atomic E-state index is 5.37. The second-order valence-electron chi connectivity index (χ2n) is 2.30. The van der Waals surface area contributed by atoms with Gasteiger partial charge in [0.2, 0.25) is 0 Å². The molecule has 0 saturated heterocycles. The molecular weight excluding hydrogens is 140 g/mol. The Balaban J connectivity index is 2.58. The van der Waals surface area contributed by atoms with Crippen LogP contribution in [0.3, 0.4) is 0 Å². The van der Waals surface area contributed by atoms with Gasteiger partial charge in [-0.2, -0.15) is 0 Å². The quantitative estimate of drug-likeness (QED) is 0.621. The summed E-state index contributed by atoms with van der Waals surface area (Å²) in [6.07, 6.45) is 5.45. The van der Waals surface area contributed by atoms with Gasteiger partial charge < -0.3 is 8.83 Å². The second kappa shape index (κ2) is 2.31. The van der Waals surface area contributed by atoms with E-state index in [1.165, 1.54) is 0 Å². The lowest BCUT2D eigenvalue weighted by Gasteiger charge is -1.78. The molecule has 11 heavy (non-hydrogen) atoms. The fourth-order valence-electron chi connectivity index (χ4n) is 1.03. The van der Waals surface area contributed by atoms with Gasteiger partial charge in [-0.25, -0.2) is 0 Å². The van der Waals surface area contributed by atoms with Crippen LogP contribution in [0.2, 0.25) is 0 Å². The SMILES string of the molecule is C/C=C/c1cc2occc2o1. The molecule has 2 aromatic heterocycles. The average molecular weight is 148 g/mol. The van der Waals surface area contributed by atoms with E-state index in [4.69, 9.17) is 8.83 Å². The van der Waals surface area contributed by atoms with Crippen molar-refractivity contribution in [1.29, 1.82) is 0 Å². The summed E-state index contributed by atoms with van der Waals surface area (Å²) in [5.74, 6) is 0.835. The van der Waals surface area contributed by atoms with Crippen LogP contribution in [0, 0.1) is 0 Å². The highest BCUT2D eigenvalue weighted by Crippen LogP contribution is 2.20. The molecule has 56 valence electrons. The van der Waals surface area contributed by atoms with E-state index in [9.17, 15) is 0 Å². The highest BCUT2D eigenvalue weighted by atomic mass is 16.4. The van der Waals surface area contributed by atoms with Gasteiger partial charge in [-0.3, -0.25) is 0 Å². The molecular formula is C9H8O2. The summed E-state index contributed by atoms with van der Waals surface area (Å²) >= 11 is 0. The fourth-order valence-corrected chi connectivity index (χ4v) is 1.03. The molecule has 2 nitrogen and oxygen atoms in total. The summed E-state index contributed by atoms with van der Waals surface area (Å²) in [6, 6.07) is 3.68. The Kier molecular flexibility index (Phi) is 1.32. The Morgan fingerprint density at radius 2 is 2.27 bits per heavy atom. The molecule has 0 aliphatic carbocycles. The molecule has 0 atom stereocenters. The number of furan rings is 2. The second-order valence-corrected chi connectivity index (χ2v) is 2.30. The average Bonchev–Trinajstić information content (AvgIpc) is 2.46. The summed E-state index contributed by atoms with van der Waals surface area (Å²) in [4.78, 5) is 0. The smallest absolute Gasteiger partial charge is 0.173 e. The van der Waals surface area contributed by atoms with Crippen LogP contribution >= 0.6 is 0 Å². The fraction of sp³-hybridized carbons (Fsp3) is 0.111. The monoisotopic (exact) mass is 148 g/mol. The maximum Gasteiger partial charge on any atom is 0.173 e. The molecule has 2 heterocycles. The van der Waals surface area contributed by atoms with E-state index in [1.807, 2.05) is 31.2 Å². The Morgan fingerprint density at radius 1 is 1.36 bits per heavy atom. The van der Waals surface area contributed by atoms with Crippen LogP contribution in [-0.2, 0) is 0 Å². The van der Waals surface area contributed by atoms with Gasteiger partial charge in [-0.1, -0.05) is 6.08 Å². The number of hydrogen-bond acceptors (Lipinski definition) is 2. The predicted octanol–water partition coefficient (Wildman–Crippen LogP) is 3.06. The van der Waals surface area contributed by atoms with E-state index < -0.39 is 0 Å². The van der Waals surface area contributed by atoms with Crippen molar-refractivity contribution >= 4 is 17.2 Å². The molecule has 2 heteroatoms. The van der Waals surface area contributed by atoms with Crippen molar-refractivity contribution in [1.82, 2.24) is 0 Å². The third kappa shape index (κ3) is 0.963. The van der Waals surface area contributed by atoms with Crippen molar-refractivity contribution in [2.24, 2.45) is 0 Å². The lowest BCUT2D eigenvalue weighted by atomic mass is 10.4. The molecule has 0 bridgehead atoms. The van der Waals surface area contributed by atoms with Crippen LogP contribution in [0.1, 0.15) is 12.7 Å². The highest BCUT2D eigenvalue weighted by molar-refractivity contribution is 5.73. The molecule has 0 radical (unpaired) electrons. The molecule has 2 aromatic rings. The van der Waals surface area contributed by atoms with Gasteiger partial charge in [-0.05, 0) is 13.0 Å². The molecule has 0 spiro atoms. The minimum Gasteiger partial charge on any atom is -0.461 e. The summed E-state index contributed by atoms with van der Waals surface area (Å²) in [7, 11) is 0. The first-order chi connectivity index (χ1) is 5.40. The first kappa shape index (κ1) is 6.28. The minimum atomic E-state index is 0.804. The van der Waals surface area contributed by atoms with E-state index in [1.54, 1.807) is 6.26 Å². The highest BCUT2D eigenvalue weighted by Gasteiger charge is 2.01. The van der Waals surface area contributed by atoms with Crippen LogP contribution in [0.5, 0.6) is 0 Å². The molecule has 0 amide bonds. The molecule has 0 unspecified atom stereocenters. The van der Waals surface area contributed by atoms with Crippen LogP contribution in [0.25, 0.3) is 17.2 Å². The Morgan fingerprint density at radius 3 is 3.00 bits per heavy atom. The largest absolute Gasteiger partial charge is 0.461 e. The van der Waals surface area contributed by atoms with Gasteiger partial charge in [0.05, 0.1) is 6.26 Å². The molecule has 0 aliphatic rings. The Hall–Kier alpha value is -1.44. The standard InChI is InChI=1S/C9H8O2/c1-2-3-7-6-9-8(11-7)4-5-10-9/h2-6H,1H3/b3-2+. The number of rotatable bonds is 1. The van der Waals surface area contributed by atoms with E-state index in [-0.39, 0.29) is 0 Å². The van der Waals surface area contributed by atoms with Crippen molar-refractivity contribution in [2.75, 3.05) is 0 Å². The summed E-state index contributed by atoms with van der Waals surface area (Å²) in [5, 5.41) is 0. The van der Waals surface area contributed by atoms with Crippen LogP contribution in [-0.4, -0.2) is 0 Å². The van der Waals surface area contributed by atoms with E-state index in [0.29, 0.717) is 0 Å². The Labute approximate surface area is 64.1 Å². The molecule has 0 saturated carbocycles. The van der Waals surface area contributed by atoms with Crippen molar-refractivity contribution < 1.29 is 8.83 Å². The zero-order chi connectivity index (χ0) is 7.68. The first-order valence-electron chi connectivity index (χ1n) is 3.50. The van der Waals surface area contributed by atoms with E-state index >= 15 is 0 Å². The number of hydrogen-bond donors (Lipinski definition) is 0. The maximum absolute atomic E-state index is 5.37. The summed E-state index contributed by atoms with van der Waals surface area (Å²) < 4.78 is 10.5. The molecule has 0 N–H and O–H groups in total. The van der Waals surface area contributed by atoms with Gasteiger partial charge in [-0.15, -0.1) is 0 Å². The first-order valence-corrected chi connectivity index (χ1v) is 3.50. The van der Waals surface area contributed by atoms with Gasteiger partial charge in [0.25, 0.3) is 0 Å². The van der Waals surface area contributed by atoms with Gasteiger partial charge >= 0.3 is 0 Å². The summed E-state index contributed by atoms with van der Waals surface area (Å²) in [5.41, 5.74) is 1.61. The van der Waals surface area contributed by atoms with Crippen molar-refractivity contribution in [3.8, 4) is 0 Å². The van der Waals surface area contributed by atoms with Crippen molar-refractivity contribution in [2.45, 2.75) is 6.92 Å². The van der Waals surface area contributed by atoms with Gasteiger partial charge in [0.1, 0.15) is 5.76 Å². The topological polar surface area (TPSA) is 26.3 Å². The van der Waals surface area contributed by atoms with Crippen molar-refractivity contribution in [3.05, 3.63) is 30.2 Å². The lowest BCUT2D eigenvalue weighted by Crippen LogP contribution is -1.56. The van der Waals surface area contributed by atoms with E-state index in [0.717, 1.165) is 16.9 Å². The zero-order valence-electron chi connectivity index (χ0n) is 6.20. The van der Waals surface area contributed by atoms with Crippen LogP contribution in [0.4, 0.5) is 0 Å².